The number of sulfonamides is 1. The maximum Gasteiger partial charge on any atom is 0.320 e. The zero-order chi connectivity index (χ0) is 18.4. The van der Waals surface area contributed by atoms with Crippen LogP contribution in [-0.4, -0.2) is 37.3 Å². The molecular weight excluding hydrogens is 366 g/mol. The van der Waals surface area contributed by atoms with Crippen LogP contribution in [0.3, 0.4) is 0 Å². The normalized spacial score (nSPS) is 11.5. The van der Waals surface area contributed by atoms with Gasteiger partial charge in [-0.15, -0.1) is 0 Å². The Balaban J connectivity index is 1.79. The number of aromatic nitrogens is 2. The van der Waals surface area contributed by atoms with Crippen LogP contribution in [0.1, 0.15) is 19.9 Å². The van der Waals surface area contributed by atoms with E-state index in [1.54, 1.807) is 16.9 Å². The van der Waals surface area contributed by atoms with Gasteiger partial charge in [-0.1, -0.05) is 11.6 Å². The van der Waals surface area contributed by atoms with Gasteiger partial charge in [0.05, 0.1) is 11.1 Å². The molecule has 10 heteroatoms. The van der Waals surface area contributed by atoms with E-state index in [4.69, 9.17) is 11.6 Å². The summed E-state index contributed by atoms with van der Waals surface area (Å²) < 4.78 is 28.2. The smallest absolute Gasteiger partial charge is 0.320 e. The lowest BCUT2D eigenvalue weighted by Gasteiger charge is -2.12. The quantitative estimate of drug-likeness (QED) is 0.635. The molecule has 0 bridgehead atoms. The topological polar surface area (TPSA) is 105 Å². The summed E-state index contributed by atoms with van der Waals surface area (Å²) >= 11 is 5.74. The van der Waals surface area contributed by atoms with Gasteiger partial charge in [0, 0.05) is 30.2 Å². The number of anilines is 1. The van der Waals surface area contributed by atoms with Crippen molar-refractivity contribution in [2.45, 2.75) is 24.8 Å². The van der Waals surface area contributed by atoms with Crippen LogP contribution in [-0.2, 0) is 10.0 Å². The molecule has 1 heterocycles. The third-order valence-electron chi connectivity index (χ3n) is 3.23. The molecule has 0 atom stereocenters. The summed E-state index contributed by atoms with van der Waals surface area (Å²) in [5.41, 5.74) is 0. The lowest BCUT2D eigenvalue weighted by atomic mass is 10.4. The van der Waals surface area contributed by atoms with Crippen LogP contribution < -0.4 is 15.4 Å². The molecule has 25 heavy (non-hydrogen) atoms. The summed E-state index contributed by atoms with van der Waals surface area (Å²) in [6.45, 7) is 4.08. The molecule has 136 valence electrons. The van der Waals surface area contributed by atoms with Gasteiger partial charge in [-0.3, -0.25) is 5.32 Å². The van der Waals surface area contributed by atoms with Crippen molar-refractivity contribution in [2.24, 2.45) is 0 Å². The fraction of sp³-hybridized carbons (Fsp3) is 0.333. The summed E-state index contributed by atoms with van der Waals surface area (Å²) in [7, 11) is -3.64. The SMILES string of the molecule is CC(C)n1nccc1NC(=O)NCCNS(=O)(=O)c1ccc(Cl)cc1. The van der Waals surface area contributed by atoms with Crippen molar-refractivity contribution < 1.29 is 13.2 Å². The molecule has 2 aromatic rings. The van der Waals surface area contributed by atoms with Crippen molar-refractivity contribution in [2.75, 3.05) is 18.4 Å². The zero-order valence-corrected chi connectivity index (χ0v) is 15.4. The second-order valence-electron chi connectivity index (χ2n) is 5.49. The number of hydrogen-bond acceptors (Lipinski definition) is 4. The van der Waals surface area contributed by atoms with Crippen molar-refractivity contribution in [3.05, 3.63) is 41.6 Å². The van der Waals surface area contributed by atoms with Crippen LogP contribution >= 0.6 is 11.6 Å². The minimum Gasteiger partial charge on any atom is -0.337 e. The average molecular weight is 386 g/mol. The monoisotopic (exact) mass is 385 g/mol. The Hall–Kier alpha value is -2.10. The molecule has 3 N–H and O–H groups in total. The fourth-order valence-corrected chi connectivity index (χ4v) is 3.20. The summed E-state index contributed by atoms with van der Waals surface area (Å²) in [6.07, 6.45) is 1.59. The van der Waals surface area contributed by atoms with Crippen molar-refractivity contribution in [1.29, 1.82) is 0 Å². The first kappa shape index (κ1) is 19.2. The largest absolute Gasteiger partial charge is 0.337 e. The van der Waals surface area contributed by atoms with Gasteiger partial charge < -0.3 is 5.32 Å². The van der Waals surface area contributed by atoms with E-state index in [0.717, 1.165) is 0 Å². The van der Waals surface area contributed by atoms with E-state index in [-0.39, 0.29) is 24.0 Å². The number of carbonyl (C=O) groups excluding carboxylic acids is 1. The predicted octanol–water partition coefficient (Wildman–Crippen LogP) is 2.22. The maximum absolute atomic E-state index is 12.1. The Morgan fingerprint density at radius 1 is 1.20 bits per heavy atom. The first-order valence-electron chi connectivity index (χ1n) is 7.63. The molecule has 0 radical (unpaired) electrons. The van der Waals surface area contributed by atoms with E-state index >= 15 is 0 Å². The molecular formula is C15H20ClN5O3S. The molecule has 0 saturated carbocycles. The van der Waals surface area contributed by atoms with Crippen LogP contribution in [0.15, 0.2) is 41.4 Å². The third-order valence-corrected chi connectivity index (χ3v) is 4.96. The van der Waals surface area contributed by atoms with Crippen molar-refractivity contribution in [3.63, 3.8) is 0 Å². The molecule has 2 rings (SSSR count). The Bertz CT molecular complexity index is 818. The van der Waals surface area contributed by atoms with E-state index in [1.165, 1.54) is 24.3 Å². The van der Waals surface area contributed by atoms with E-state index in [0.29, 0.717) is 10.8 Å². The minimum absolute atomic E-state index is 0.0574. The summed E-state index contributed by atoms with van der Waals surface area (Å²) in [5, 5.41) is 9.81. The number of hydrogen-bond donors (Lipinski definition) is 3. The Kier molecular flexibility index (Phi) is 6.40. The molecule has 0 fully saturated rings. The highest BCUT2D eigenvalue weighted by molar-refractivity contribution is 7.89. The lowest BCUT2D eigenvalue weighted by molar-refractivity contribution is 0.252. The Morgan fingerprint density at radius 3 is 2.52 bits per heavy atom. The average Bonchev–Trinajstić information content (AvgIpc) is 3.00. The van der Waals surface area contributed by atoms with Gasteiger partial charge in [0.1, 0.15) is 5.82 Å². The van der Waals surface area contributed by atoms with Crippen LogP contribution in [0, 0.1) is 0 Å². The zero-order valence-electron chi connectivity index (χ0n) is 13.9. The number of nitrogens with one attached hydrogen (secondary N) is 3. The van der Waals surface area contributed by atoms with Crippen LogP contribution in [0.25, 0.3) is 0 Å². The summed E-state index contributed by atoms with van der Waals surface area (Å²) in [6, 6.07) is 7.18. The Labute approximate surface area is 151 Å². The van der Waals surface area contributed by atoms with Gasteiger partial charge in [-0.05, 0) is 38.1 Å². The first-order valence-corrected chi connectivity index (χ1v) is 9.49. The molecule has 0 aliphatic rings. The number of benzene rings is 1. The third kappa shape index (κ3) is 5.45. The number of amides is 2. The van der Waals surface area contributed by atoms with E-state index in [9.17, 15) is 13.2 Å². The van der Waals surface area contributed by atoms with E-state index in [1.807, 2.05) is 13.8 Å². The number of carbonyl (C=O) groups is 1. The lowest BCUT2D eigenvalue weighted by Crippen LogP contribution is -2.37. The van der Waals surface area contributed by atoms with E-state index < -0.39 is 16.1 Å². The standard InChI is InChI=1S/C15H20ClN5O3S/c1-11(2)21-14(7-8-18-21)20-15(22)17-9-10-19-25(23,24)13-5-3-12(16)4-6-13/h3-8,11,19H,9-10H2,1-2H3,(H2,17,20,22). The van der Waals surface area contributed by atoms with Gasteiger partial charge in [0.2, 0.25) is 10.0 Å². The van der Waals surface area contributed by atoms with Gasteiger partial charge in [0.25, 0.3) is 0 Å². The molecule has 0 unspecified atom stereocenters. The molecule has 2 amide bonds. The van der Waals surface area contributed by atoms with Crippen molar-refractivity contribution >= 4 is 33.5 Å². The van der Waals surface area contributed by atoms with Gasteiger partial charge >= 0.3 is 6.03 Å². The summed E-state index contributed by atoms with van der Waals surface area (Å²) in [4.78, 5) is 12.0. The molecule has 1 aromatic heterocycles. The highest BCUT2D eigenvalue weighted by Crippen LogP contribution is 2.14. The predicted molar refractivity (Wildman–Crippen MR) is 96.3 cm³/mol. The number of urea groups is 1. The maximum atomic E-state index is 12.1. The fourth-order valence-electron chi connectivity index (χ4n) is 2.04. The van der Waals surface area contributed by atoms with Gasteiger partial charge in [-0.25, -0.2) is 22.6 Å². The highest BCUT2D eigenvalue weighted by Gasteiger charge is 2.13. The number of halogens is 1. The molecule has 8 nitrogen and oxygen atoms in total. The Morgan fingerprint density at radius 2 is 1.88 bits per heavy atom. The number of rotatable bonds is 7. The van der Waals surface area contributed by atoms with Crippen molar-refractivity contribution in [1.82, 2.24) is 19.8 Å². The molecule has 0 aliphatic carbocycles. The van der Waals surface area contributed by atoms with Crippen molar-refractivity contribution in [3.8, 4) is 0 Å². The van der Waals surface area contributed by atoms with E-state index in [2.05, 4.69) is 20.5 Å². The van der Waals surface area contributed by atoms with Gasteiger partial charge in [0.15, 0.2) is 0 Å². The molecule has 0 aliphatic heterocycles. The molecule has 1 aromatic carbocycles. The summed E-state index contributed by atoms with van der Waals surface area (Å²) in [5.74, 6) is 0.564. The molecule has 0 saturated heterocycles. The second-order valence-corrected chi connectivity index (χ2v) is 7.69. The van der Waals surface area contributed by atoms with Gasteiger partial charge in [-0.2, -0.15) is 5.10 Å². The van der Waals surface area contributed by atoms with Crippen LogP contribution in [0.2, 0.25) is 5.02 Å². The second kappa shape index (κ2) is 8.32. The van der Waals surface area contributed by atoms with Crippen LogP contribution in [0.4, 0.5) is 10.6 Å². The number of nitrogens with zero attached hydrogens (tertiary/aromatic N) is 2. The molecule has 0 spiro atoms. The minimum atomic E-state index is -3.64. The first-order chi connectivity index (χ1) is 11.8. The highest BCUT2D eigenvalue weighted by atomic mass is 35.5. The van der Waals surface area contributed by atoms with Crippen LogP contribution in [0.5, 0.6) is 0 Å².